The van der Waals surface area contributed by atoms with Crippen LogP contribution in [0.5, 0.6) is 0 Å². The lowest BCUT2D eigenvalue weighted by atomic mass is 10.1. The molecule has 0 aliphatic heterocycles. The first kappa shape index (κ1) is 14.0. The van der Waals surface area contributed by atoms with Crippen molar-refractivity contribution in [1.82, 2.24) is 4.98 Å². The van der Waals surface area contributed by atoms with Gasteiger partial charge in [-0.25, -0.2) is 4.98 Å². The molecule has 0 aliphatic carbocycles. The fourth-order valence-electron chi connectivity index (χ4n) is 2.08. The number of aromatic nitrogens is 1. The average molecular weight is 276 g/mol. The van der Waals surface area contributed by atoms with Crippen molar-refractivity contribution in [2.45, 2.75) is 32.9 Å². The number of hydrogen-bond donors (Lipinski definition) is 1. The summed E-state index contributed by atoms with van der Waals surface area (Å²) in [4.78, 5) is 8.11. The molecule has 2 rings (SSSR count). The molecule has 4 heteroatoms. The highest BCUT2D eigenvalue weighted by Gasteiger charge is 2.13. The number of anilines is 1. The van der Waals surface area contributed by atoms with Crippen LogP contribution in [0.1, 0.15) is 23.1 Å². The number of aryl methyl sites for hydroxylation is 1. The van der Waals surface area contributed by atoms with Crippen LogP contribution in [0.3, 0.4) is 0 Å². The summed E-state index contributed by atoms with van der Waals surface area (Å²) in [6.45, 7) is 4.21. The molecule has 2 aromatic rings. The maximum atomic E-state index is 9.27. The minimum absolute atomic E-state index is 0.0590. The first-order chi connectivity index (χ1) is 9.10. The summed E-state index contributed by atoms with van der Waals surface area (Å²) < 4.78 is 0. The first-order valence-corrected chi connectivity index (χ1v) is 7.31. The van der Waals surface area contributed by atoms with E-state index in [2.05, 4.69) is 41.4 Å². The Kier molecular flexibility index (Phi) is 4.56. The molecule has 2 heterocycles. The molecule has 0 saturated carbocycles. The van der Waals surface area contributed by atoms with E-state index in [1.54, 1.807) is 11.3 Å². The third-order valence-electron chi connectivity index (χ3n) is 3.28. The molecule has 102 valence electrons. The summed E-state index contributed by atoms with van der Waals surface area (Å²) in [5.74, 6) is 0.924. The quantitative estimate of drug-likeness (QED) is 0.912. The molecule has 0 spiro atoms. The van der Waals surface area contributed by atoms with Crippen molar-refractivity contribution < 1.29 is 5.11 Å². The minimum atomic E-state index is 0.0590. The second-order valence-corrected chi connectivity index (χ2v) is 5.91. The number of likely N-dealkylation sites (N-methyl/N-ethyl adjacent to an activating group) is 1. The molecule has 0 aromatic carbocycles. The van der Waals surface area contributed by atoms with Gasteiger partial charge in [-0.05, 0) is 43.0 Å². The summed E-state index contributed by atoms with van der Waals surface area (Å²) in [6.07, 6.45) is 1.01. The van der Waals surface area contributed by atoms with E-state index >= 15 is 0 Å². The molecule has 0 amide bonds. The Morgan fingerprint density at radius 3 is 2.84 bits per heavy atom. The largest absolute Gasteiger partial charge is 0.392 e. The van der Waals surface area contributed by atoms with Crippen molar-refractivity contribution in [1.29, 1.82) is 0 Å². The Morgan fingerprint density at radius 1 is 1.42 bits per heavy atom. The molecule has 0 fully saturated rings. The molecule has 2 aromatic heterocycles. The summed E-state index contributed by atoms with van der Waals surface area (Å²) in [6, 6.07) is 8.50. The van der Waals surface area contributed by atoms with Gasteiger partial charge in [0.05, 0.1) is 6.61 Å². The van der Waals surface area contributed by atoms with Gasteiger partial charge in [-0.2, -0.15) is 0 Å². The Morgan fingerprint density at radius 2 is 2.21 bits per heavy atom. The van der Waals surface area contributed by atoms with Gasteiger partial charge in [-0.1, -0.05) is 6.07 Å². The topological polar surface area (TPSA) is 36.4 Å². The Hall–Kier alpha value is -1.39. The summed E-state index contributed by atoms with van der Waals surface area (Å²) in [7, 11) is 2.06. The SMILES string of the molecule is Cc1cc(CO)cc(N(C)C(C)Cc2cccs2)n1. The average Bonchev–Trinajstić information content (AvgIpc) is 2.89. The van der Waals surface area contributed by atoms with E-state index in [1.807, 2.05) is 19.1 Å². The summed E-state index contributed by atoms with van der Waals surface area (Å²) in [5.41, 5.74) is 1.86. The van der Waals surface area contributed by atoms with E-state index in [4.69, 9.17) is 0 Å². The minimum Gasteiger partial charge on any atom is -0.392 e. The molecule has 0 aliphatic rings. The number of aliphatic hydroxyl groups excluding tert-OH is 1. The molecule has 1 atom stereocenters. The lowest BCUT2D eigenvalue weighted by Gasteiger charge is -2.26. The van der Waals surface area contributed by atoms with Crippen molar-refractivity contribution in [2.24, 2.45) is 0 Å². The van der Waals surface area contributed by atoms with Crippen LogP contribution in [0.25, 0.3) is 0 Å². The standard InChI is InChI=1S/C15H20N2OS/c1-11-7-13(10-18)9-15(16-11)17(3)12(2)8-14-5-4-6-19-14/h4-7,9,12,18H,8,10H2,1-3H3. The molecule has 0 saturated heterocycles. The maximum absolute atomic E-state index is 9.27. The van der Waals surface area contributed by atoms with E-state index < -0.39 is 0 Å². The van der Waals surface area contributed by atoms with Crippen molar-refractivity contribution >= 4 is 17.2 Å². The predicted molar refractivity (Wildman–Crippen MR) is 80.8 cm³/mol. The zero-order chi connectivity index (χ0) is 13.8. The van der Waals surface area contributed by atoms with Gasteiger partial charge in [0, 0.05) is 30.1 Å². The molecule has 1 N–H and O–H groups in total. The third kappa shape index (κ3) is 3.55. The third-order valence-corrected chi connectivity index (χ3v) is 4.18. The predicted octanol–water partition coefficient (Wildman–Crippen LogP) is 3.01. The number of pyridine rings is 1. The van der Waals surface area contributed by atoms with Crippen LogP contribution >= 0.6 is 11.3 Å². The lowest BCUT2D eigenvalue weighted by Crippen LogP contribution is -2.31. The fourth-order valence-corrected chi connectivity index (χ4v) is 2.90. The van der Waals surface area contributed by atoms with E-state index in [9.17, 15) is 5.11 Å². The van der Waals surface area contributed by atoms with Crippen LogP contribution in [0.4, 0.5) is 5.82 Å². The lowest BCUT2D eigenvalue weighted by molar-refractivity contribution is 0.281. The van der Waals surface area contributed by atoms with E-state index in [1.165, 1.54) is 4.88 Å². The van der Waals surface area contributed by atoms with Gasteiger partial charge in [0.15, 0.2) is 0 Å². The van der Waals surface area contributed by atoms with Crippen LogP contribution in [0.2, 0.25) is 0 Å². The normalized spacial score (nSPS) is 12.4. The van der Waals surface area contributed by atoms with Gasteiger partial charge < -0.3 is 10.0 Å². The van der Waals surface area contributed by atoms with Crippen LogP contribution in [0, 0.1) is 6.92 Å². The molecule has 19 heavy (non-hydrogen) atoms. The van der Waals surface area contributed by atoms with Crippen molar-refractivity contribution in [2.75, 3.05) is 11.9 Å². The Bertz CT molecular complexity index is 525. The molecule has 3 nitrogen and oxygen atoms in total. The van der Waals surface area contributed by atoms with E-state index in [0.717, 1.165) is 23.5 Å². The summed E-state index contributed by atoms with van der Waals surface area (Å²) >= 11 is 1.79. The van der Waals surface area contributed by atoms with Crippen LogP contribution < -0.4 is 4.90 Å². The number of rotatable bonds is 5. The highest BCUT2D eigenvalue weighted by atomic mass is 32.1. The van der Waals surface area contributed by atoms with Gasteiger partial charge in [0.2, 0.25) is 0 Å². The van der Waals surface area contributed by atoms with Crippen LogP contribution in [0.15, 0.2) is 29.6 Å². The number of aliphatic hydroxyl groups is 1. The second-order valence-electron chi connectivity index (χ2n) is 4.88. The first-order valence-electron chi connectivity index (χ1n) is 6.44. The number of thiophene rings is 1. The molecule has 1 unspecified atom stereocenters. The molecular formula is C15H20N2OS. The number of hydrogen-bond acceptors (Lipinski definition) is 4. The van der Waals surface area contributed by atoms with Gasteiger partial charge >= 0.3 is 0 Å². The highest BCUT2D eigenvalue weighted by molar-refractivity contribution is 7.09. The zero-order valence-electron chi connectivity index (χ0n) is 11.6. The van der Waals surface area contributed by atoms with Gasteiger partial charge in [-0.15, -0.1) is 11.3 Å². The van der Waals surface area contributed by atoms with Gasteiger partial charge in [-0.3, -0.25) is 0 Å². The second kappa shape index (κ2) is 6.17. The Balaban J connectivity index is 2.14. The van der Waals surface area contributed by atoms with Gasteiger partial charge in [0.25, 0.3) is 0 Å². The van der Waals surface area contributed by atoms with Crippen molar-refractivity contribution in [3.05, 3.63) is 45.8 Å². The van der Waals surface area contributed by atoms with Crippen LogP contribution in [-0.2, 0) is 13.0 Å². The Labute approximate surface area is 118 Å². The zero-order valence-corrected chi connectivity index (χ0v) is 12.4. The monoisotopic (exact) mass is 276 g/mol. The number of nitrogens with zero attached hydrogens (tertiary/aromatic N) is 2. The fraction of sp³-hybridized carbons (Fsp3) is 0.400. The van der Waals surface area contributed by atoms with E-state index in [-0.39, 0.29) is 6.61 Å². The van der Waals surface area contributed by atoms with Crippen LogP contribution in [-0.4, -0.2) is 23.2 Å². The molecule has 0 radical (unpaired) electrons. The van der Waals surface area contributed by atoms with Crippen molar-refractivity contribution in [3.63, 3.8) is 0 Å². The highest BCUT2D eigenvalue weighted by Crippen LogP contribution is 2.19. The smallest absolute Gasteiger partial charge is 0.129 e. The molecular weight excluding hydrogens is 256 g/mol. The van der Waals surface area contributed by atoms with Gasteiger partial charge in [0.1, 0.15) is 5.82 Å². The summed E-state index contributed by atoms with van der Waals surface area (Å²) in [5, 5.41) is 11.4. The maximum Gasteiger partial charge on any atom is 0.129 e. The van der Waals surface area contributed by atoms with E-state index in [0.29, 0.717) is 6.04 Å². The van der Waals surface area contributed by atoms with Crippen molar-refractivity contribution in [3.8, 4) is 0 Å². The molecule has 0 bridgehead atoms.